The first-order valence-corrected chi connectivity index (χ1v) is 10.3. The molecule has 0 atom stereocenters. The molecule has 8 heteroatoms. The van der Waals surface area contributed by atoms with Crippen molar-refractivity contribution in [2.24, 2.45) is 0 Å². The van der Waals surface area contributed by atoms with Gasteiger partial charge in [-0.25, -0.2) is 14.7 Å². The SMILES string of the molecule is CN(OCC(=O)O)C(=O)c1cccc(NC(=O)OCC2c3ccccc3-c3ccccc32)c1. The van der Waals surface area contributed by atoms with Crippen molar-refractivity contribution in [3.05, 3.63) is 89.5 Å². The van der Waals surface area contributed by atoms with Crippen LogP contribution in [0.3, 0.4) is 0 Å². The zero-order valence-corrected chi connectivity index (χ0v) is 17.9. The number of nitrogens with one attached hydrogen (secondary N) is 1. The van der Waals surface area contributed by atoms with Gasteiger partial charge in [0.15, 0.2) is 6.61 Å². The molecule has 0 saturated carbocycles. The number of carboxylic acid groups (broad SMARTS) is 1. The smallest absolute Gasteiger partial charge is 0.411 e. The molecule has 3 aromatic rings. The van der Waals surface area contributed by atoms with E-state index in [1.165, 1.54) is 19.2 Å². The molecule has 0 aromatic heterocycles. The predicted octanol–water partition coefficient (Wildman–Crippen LogP) is 4.14. The quantitative estimate of drug-likeness (QED) is 0.529. The minimum absolute atomic E-state index is 0.0592. The second kappa shape index (κ2) is 9.54. The zero-order chi connectivity index (χ0) is 23.4. The molecule has 0 unspecified atom stereocenters. The van der Waals surface area contributed by atoms with E-state index in [-0.39, 0.29) is 18.1 Å². The van der Waals surface area contributed by atoms with E-state index in [4.69, 9.17) is 14.7 Å². The number of fused-ring (bicyclic) bond motifs is 3. The Balaban J connectivity index is 1.40. The first-order valence-electron chi connectivity index (χ1n) is 10.3. The van der Waals surface area contributed by atoms with Gasteiger partial charge in [0.2, 0.25) is 0 Å². The van der Waals surface area contributed by atoms with Crippen molar-refractivity contribution in [2.45, 2.75) is 5.92 Å². The molecule has 0 bridgehead atoms. The Morgan fingerprint density at radius 1 is 0.939 bits per heavy atom. The largest absolute Gasteiger partial charge is 0.479 e. The lowest BCUT2D eigenvalue weighted by Gasteiger charge is -2.16. The molecule has 1 aliphatic rings. The van der Waals surface area contributed by atoms with Crippen LogP contribution in [-0.2, 0) is 14.4 Å². The van der Waals surface area contributed by atoms with E-state index in [2.05, 4.69) is 17.4 Å². The highest BCUT2D eigenvalue weighted by atomic mass is 16.7. The van der Waals surface area contributed by atoms with Gasteiger partial charge >= 0.3 is 12.1 Å². The van der Waals surface area contributed by atoms with Crippen molar-refractivity contribution in [3.8, 4) is 11.1 Å². The maximum atomic E-state index is 12.5. The van der Waals surface area contributed by atoms with Crippen LogP contribution in [0.4, 0.5) is 10.5 Å². The summed E-state index contributed by atoms with van der Waals surface area (Å²) in [5.74, 6) is -1.80. The molecule has 0 saturated heterocycles. The van der Waals surface area contributed by atoms with Crippen molar-refractivity contribution in [1.29, 1.82) is 0 Å². The van der Waals surface area contributed by atoms with Crippen LogP contribution in [0.1, 0.15) is 27.4 Å². The molecule has 3 aromatic carbocycles. The third-order valence-corrected chi connectivity index (χ3v) is 5.37. The molecule has 8 nitrogen and oxygen atoms in total. The number of hydrogen-bond donors (Lipinski definition) is 2. The molecule has 0 radical (unpaired) electrons. The lowest BCUT2D eigenvalue weighted by molar-refractivity contribution is -0.159. The van der Waals surface area contributed by atoms with Gasteiger partial charge in [0.1, 0.15) is 6.61 Å². The molecule has 0 aliphatic heterocycles. The number of nitrogens with zero attached hydrogens (tertiary/aromatic N) is 1. The molecular formula is C25H22N2O6. The summed E-state index contributed by atoms with van der Waals surface area (Å²) < 4.78 is 5.52. The molecule has 2 amide bonds. The minimum Gasteiger partial charge on any atom is -0.479 e. The number of carbonyl (C=O) groups is 3. The summed E-state index contributed by atoms with van der Waals surface area (Å²) in [6, 6.07) is 22.3. The molecule has 2 N–H and O–H groups in total. The van der Waals surface area contributed by atoms with Crippen molar-refractivity contribution in [3.63, 3.8) is 0 Å². The molecule has 0 fully saturated rings. The number of benzene rings is 3. The Morgan fingerprint density at radius 3 is 2.21 bits per heavy atom. The molecule has 4 rings (SSSR count). The average Bonchev–Trinajstić information content (AvgIpc) is 3.14. The predicted molar refractivity (Wildman–Crippen MR) is 121 cm³/mol. The summed E-state index contributed by atoms with van der Waals surface area (Å²) in [7, 11) is 1.32. The van der Waals surface area contributed by atoms with Gasteiger partial charge in [0, 0.05) is 24.2 Å². The van der Waals surface area contributed by atoms with Gasteiger partial charge < -0.3 is 9.84 Å². The summed E-state index contributed by atoms with van der Waals surface area (Å²) in [4.78, 5) is 40.3. The van der Waals surface area contributed by atoms with Gasteiger partial charge in [0.25, 0.3) is 5.91 Å². The van der Waals surface area contributed by atoms with Crippen molar-refractivity contribution < 1.29 is 29.1 Å². The summed E-state index contributed by atoms with van der Waals surface area (Å²) >= 11 is 0. The average molecular weight is 446 g/mol. The van der Waals surface area contributed by atoms with Gasteiger partial charge in [-0.15, -0.1) is 0 Å². The molecule has 168 valence electrons. The summed E-state index contributed by atoms with van der Waals surface area (Å²) in [5.41, 5.74) is 5.10. The first kappa shape index (κ1) is 22.0. The second-order valence-electron chi connectivity index (χ2n) is 7.50. The Labute approximate surface area is 190 Å². The van der Waals surface area contributed by atoms with Crippen molar-refractivity contribution in [1.82, 2.24) is 5.06 Å². The van der Waals surface area contributed by atoms with Gasteiger partial charge in [0.05, 0.1) is 0 Å². The fourth-order valence-electron chi connectivity index (χ4n) is 3.87. The first-order chi connectivity index (χ1) is 15.9. The van der Waals surface area contributed by atoms with Crippen LogP contribution >= 0.6 is 0 Å². The highest BCUT2D eigenvalue weighted by molar-refractivity contribution is 5.95. The van der Waals surface area contributed by atoms with Crippen molar-refractivity contribution in [2.75, 3.05) is 25.6 Å². The Bertz CT molecular complexity index is 1160. The van der Waals surface area contributed by atoms with Crippen LogP contribution in [-0.4, -0.2) is 48.4 Å². The lowest BCUT2D eigenvalue weighted by Crippen LogP contribution is -2.29. The Hall–Kier alpha value is -4.17. The monoisotopic (exact) mass is 446 g/mol. The molecule has 33 heavy (non-hydrogen) atoms. The molecular weight excluding hydrogens is 424 g/mol. The Kier molecular flexibility index (Phi) is 6.37. The van der Waals surface area contributed by atoms with Gasteiger partial charge in [-0.2, -0.15) is 0 Å². The summed E-state index contributed by atoms with van der Waals surface area (Å²) in [6.45, 7) is -0.468. The number of carboxylic acids is 1. The topological polar surface area (TPSA) is 105 Å². The molecule has 0 spiro atoms. The zero-order valence-electron chi connectivity index (χ0n) is 17.9. The highest BCUT2D eigenvalue weighted by Gasteiger charge is 2.29. The third-order valence-electron chi connectivity index (χ3n) is 5.37. The molecule has 0 heterocycles. The number of aliphatic carboxylic acids is 1. The minimum atomic E-state index is -1.19. The fourth-order valence-corrected chi connectivity index (χ4v) is 3.87. The van der Waals surface area contributed by atoms with Crippen LogP contribution in [0.5, 0.6) is 0 Å². The fraction of sp³-hybridized carbons (Fsp3) is 0.160. The Morgan fingerprint density at radius 2 is 1.58 bits per heavy atom. The maximum Gasteiger partial charge on any atom is 0.411 e. The maximum absolute atomic E-state index is 12.5. The number of hydroxylamine groups is 2. The van der Waals surface area contributed by atoms with Gasteiger partial charge in [-0.1, -0.05) is 54.6 Å². The van der Waals surface area contributed by atoms with E-state index in [0.29, 0.717) is 5.69 Å². The lowest BCUT2D eigenvalue weighted by atomic mass is 9.98. The number of carbonyl (C=O) groups excluding carboxylic acids is 2. The van der Waals surface area contributed by atoms with Crippen molar-refractivity contribution >= 4 is 23.7 Å². The van der Waals surface area contributed by atoms with E-state index >= 15 is 0 Å². The van der Waals surface area contributed by atoms with E-state index in [1.54, 1.807) is 12.1 Å². The number of anilines is 1. The van der Waals surface area contributed by atoms with E-state index in [1.807, 2.05) is 36.4 Å². The normalized spacial score (nSPS) is 11.9. The summed E-state index contributed by atoms with van der Waals surface area (Å²) in [6.07, 6.45) is -0.642. The third kappa shape index (κ3) is 4.86. The second-order valence-corrected chi connectivity index (χ2v) is 7.50. The number of hydrogen-bond acceptors (Lipinski definition) is 5. The van der Waals surface area contributed by atoms with Crippen LogP contribution in [0.25, 0.3) is 11.1 Å². The van der Waals surface area contributed by atoms with Crippen LogP contribution in [0.2, 0.25) is 0 Å². The van der Waals surface area contributed by atoms with Gasteiger partial charge in [-0.3, -0.25) is 14.9 Å². The van der Waals surface area contributed by atoms with E-state index in [9.17, 15) is 14.4 Å². The standard InChI is InChI=1S/C25H22N2O6/c1-27(33-15-23(28)29)24(30)16-7-6-8-17(13-16)26-25(31)32-14-22-20-11-4-2-9-18(20)19-10-3-5-12-21(19)22/h2-13,22H,14-15H2,1H3,(H,26,31)(H,28,29). The van der Waals surface area contributed by atoms with E-state index < -0.39 is 24.6 Å². The summed E-state index contributed by atoms with van der Waals surface area (Å²) in [5, 5.41) is 12.1. The van der Waals surface area contributed by atoms with Crippen LogP contribution in [0.15, 0.2) is 72.8 Å². The van der Waals surface area contributed by atoms with Gasteiger partial charge in [-0.05, 0) is 40.5 Å². The highest BCUT2D eigenvalue weighted by Crippen LogP contribution is 2.44. The van der Waals surface area contributed by atoms with Crippen LogP contribution in [0, 0.1) is 0 Å². The number of ether oxygens (including phenoxy) is 1. The number of amides is 2. The number of rotatable bonds is 7. The van der Waals surface area contributed by atoms with E-state index in [0.717, 1.165) is 27.3 Å². The molecule has 1 aliphatic carbocycles. The van der Waals surface area contributed by atoms with Crippen LogP contribution < -0.4 is 5.32 Å².